The van der Waals surface area contributed by atoms with Crippen LogP contribution in [0.5, 0.6) is 11.5 Å². The topological polar surface area (TPSA) is 97.8 Å². The maximum atomic E-state index is 13.2. The van der Waals surface area contributed by atoms with Gasteiger partial charge in [0.05, 0.1) is 6.20 Å². The number of hydrogen-bond acceptors (Lipinski definition) is 6. The standard InChI is InChI=1S/C16H13N2O5PS/c19-15(20)14-11-17-16(25-14)18-24(21,22-12-7-3-1-4-8-12)23-13-9-5-2-6-10-13/h1-11H,(H,19,20)(H,17,18,21). The van der Waals surface area contributed by atoms with Gasteiger partial charge in [-0.1, -0.05) is 47.7 Å². The van der Waals surface area contributed by atoms with Crippen molar-refractivity contribution in [2.75, 3.05) is 5.09 Å². The van der Waals surface area contributed by atoms with Crippen molar-refractivity contribution in [1.82, 2.24) is 4.98 Å². The van der Waals surface area contributed by atoms with Gasteiger partial charge in [-0.05, 0) is 24.3 Å². The van der Waals surface area contributed by atoms with E-state index in [0.29, 0.717) is 11.5 Å². The first-order valence-electron chi connectivity index (χ1n) is 7.11. The number of thiazole rings is 1. The Hall–Kier alpha value is -2.83. The van der Waals surface area contributed by atoms with Crippen LogP contribution in [0, 0.1) is 0 Å². The first-order valence-corrected chi connectivity index (χ1v) is 9.47. The van der Waals surface area contributed by atoms with Crippen LogP contribution < -0.4 is 14.1 Å². The van der Waals surface area contributed by atoms with Gasteiger partial charge in [-0.15, -0.1) is 0 Å². The lowest BCUT2D eigenvalue weighted by molar-refractivity contribution is 0.0702. The molecular weight excluding hydrogens is 363 g/mol. The predicted octanol–water partition coefficient (Wildman–Crippen LogP) is 4.52. The Labute approximate surface area is 147 Å². The maximum Gasteiger partial charge on any atom is 0.543 e. The fourth-order valence-corrected chi connectivity index (χ4v) is 4.09. The van der Waals surface area contributed by atoms with Crippen molar-refractivity contribution >= 4 is 30.2 Å². The van der Waals surface area contributed by atoms with Gasteiger partial charge in [-0.3, -0.25) is 0 Å². The van der Waals surface area contributed by atoms with Crippen LogP contribution in [0.3, 0.4) is 0 Å². The Morgan fingerprint density at radius 3 is 1.96 bits per heavy atom. The van der Waals surface area contributed by atoms with Gasteiger partial charge in [0.25, 0.3) is 0 Å². The van der Waals surface area contributed by atoms with Crippen LogP contribution in [-0.4, -0.2) is 16.1 Å². The van der Waals surface area contributed by atoms with Crippen LogP contribution in [0.2, 0.25) is 0 Å². The van der Waals surface area contributed by atoms with Gasteiger partial charge in [0.2, 0.25) is 0 Å². The summed E-state index contributed by atoms with van der Waals surface area (Å²) in [6.07, 6.45) is 1.17. The molecule has 0 amide bonds. The number of carboxylic acids is 1. The molecule has 0 aliphatic carbocycles. The van der Waals surface area contributed by atoms with Gasteiger partial charge in [-0.2, -0.15) is 0 Å². The molecule has 0 aliphatic heterocycles. The molecule has 0 aliphatic rings. The van der Waals surface area contributed by atoms with Crippen molar-refractivity contribution in [3.05, 3.63) is 71.7 Å². The van der Waals surface area contributed by atoms with E-state index in [1.54, 1.807) is 60.7 Å². The van der Waals surface area contributed by atoms with Gasteiger partial charge < -0.3 is 14.2 Å². The number of aromatic carboxylic acids is 1. The lowest BCUT2D eigenvalue weighted by Gasteiger charge is -2.19. The first kappa shape index (κ1) is 17.0. The third-order valence-corrected chi connectivity index (χ3v) is 5.33. The second kappa shape index (κ2) is 7.38. The maximum absolute atomic E-state index is 13.2. The quantitative estimate of drug-likeness (QED) is 0.585. The number of aromatic nitrogens is 1. The molecule has 0 atom stereocenters. The minimum atomic E-state index is -3.90. The Balaban J connectivity index is 1.87. The Morgan fingerprint density at radius 2 is 1.52 bits per heavy atom. The summed E-state index contributed by atoms with van der Waals surface area (Å²) in [5.41, 5.74) is 0. The summed E-state index contributed by atoms with van der Waals surface area (Å²) >= 11 is 0.835. The predicted molar refractivity (Wildman–Crippen MR) is 94.4 cm³/mol. The number of nitrogens with zero attached hydrogens (tertiary/aromatic N) is 1. The van der Waals surface area contributed by atoms with E-state index in [4.69, 9.17) is 14.2 Å². The smallest absolute Gasteiger partial charge is 0.477 e. The van der Waals surface area contributed by atoms with Crippen molar-refractivity contribution < 1.29 is 23.5 Å². The highest BCUT2D eigenvalue weighted by atomic mass is 32.1. The van der Waals surface area contributed by atoms with Crippen LogP contribution >= 0.6 is 19.1 Å². The van der Waals surface area contributed by atoms with Crippen LogP contribution in [0.15, 0.2) is 66.9 Å². The van der Waals surface area contributed by atoms with Crippen LogP contribution in [-0.2, 0) is 4.57 Å². The molecule has 0 saturated carbocycles. The molecule has 3 aromatic rings. The highest BCUT2D eigenvalue weighted by Crippen LogP contribution is 2.48. The molecule has 0 bridgehead atoms. The minimum absolute atomic E-state index is 0.00784. The molecule has 7 nitrogen and oxygen atoms in total. The molecule has 0 unspecified atom stereocenters. The van der Waals surface area contributed by atoms with E-state index in [1.807, 2.05) is 0 Å². The fourth-order valence-electron chi connectivity index (χ4n) is 1.85. The van der Waals surface area contributed by atoms with Gasteiger partial charge in [0, 0.05) is 0 Å². The number of benzene rings is 2. The molecule has 3 rings (SSSR count). The molecule has 9 heteroatoms. The van der Waals surface area contributed by atoms with E-state index in [2.05, 4.69) is 10.1 Å². The minimum Gasteiger partial charge on any atom is -0.477 e. The molecule has 0 spiro atoms. The second-order valence-corrected chi connectivity index (χ2v) is 7.37. The van der Waals surface area contributed by atoms with E-state index in [0.717, 1.165) is 11.3 Å². The molecule has 1 heterocycles. The van der Waals surface area contributed by atoms with Crippen molar-refractivity contribution in [2.45, 2.75) is 0 Å². The summed E-state index contributed by atoms with van der Waals surface area (Å²) in [5.74, 6) is -0.443. The third-order valence-electron chi connectivity index (χ3n) is 2.89. The van der Waals surface area contributed by atoms with Crippen LogP contribution in [0.1, 0.15) is 9.67 Å². The molecule has 0 saturated heterocycles. The zero-order valence-electron chi connectivity index (χ0n) is 12.7. The van der Waals surface area contributed by atoms with Crippen molar-refractivity contribution in [3.8, 4) is 11.5 Å². The molecule has 128 valence electrons. The number of anilines is 1. The molecular formula is C16H13N2O5PS. The Kier molecular flexibility index (Phi) is 5.02. The van der Waals surface area contributed by atoms with Gasteiger partial charge >= 0.3 is 13.7 Å². The van der Waals surface area contributed by atoms with Crippen molar-refractivity contribution in [3.63, 3.8) is 0 Å². The zero-order chi connectivity index (χ0) is 17.7. The average molecular weight is 376 g/mol. The molecule has 1 aromatic heterocycles. The summed E-state index contributed by atoms with van der Waals surface area (Å²) in [6, 6.07) is 17.0. The number of para-hydroxylation sites is 2. The third kappa shape index (κ3) is 4.59. The SMILES string of the molecule is O=C(O)c1cnc(NP(=O)(Oc2ccccc2)Oc2ccccc2)s1. The Bertz CT molecular complexity index is 856. The number of nitrogens with one attached hydrogen (secondary N) is 1. The normalized spacial score (nSPS) is 10.9. The summed E-state index contributed by atoms with van der Waals surface area (Å²) in [7, 11) is -3.90. The summed E-state index contributed by atoms with van der Waals surface area (Å²) in [5, 5.41) is 11.7. The largest absolute Gasteiger partial charge is 0.543 e. The van der Waals surface area contributed by atoms with Crippen molar-refractivity contribution in [2.24, 2.45) is 0 Å². The monoisotopic (exact) mass is 376 g/mol. The summed E-state index contributed by atoms with van der Waals surface area (Å²) in [6.45, 7) is 0. The lowest BCUT2D eigenvalue weighted by atomic mass is 10.3. The molecule has 0 fully saturated rings. The number of hydrogen-bond donors (Lipinski definition) is 2. The summed E-state index contributed by atoms with van der Waals surface area (Å²) < 4.78 is 24.2. The molecule has 2 N–H and O–H groups in total. The first-order chi connectivity index (χ1) is 12.0. The highest BCUT2D eigenvalue weighted by molar-refractivity contribution is 7.56. The summed E-state index contributed by atoms with van der Waals surface area (Å²) in [4.78, 5) is 14.9. The molecule has 0 radical (unpaired) electrons. The molecule has 25 heavy (non-hydrogen) atoms. The van der Waals surface area contributed by atoms with E-state index < -0.39 is 13.7 Å². The van der Waals surface area contributed by atoms with E-state index in [9.17, 15) is 9.36 Å². The van der Waals surface area contributed by atoms with E-state index in [-0.39, 0.29) is 10.0 Å². The number of carboxylic acid groups (broad SMARTS) is 1. The lowest BCUT2D eigenvalue weighted by Crippen LogP contribution is -2.09. The van der Waals surface area contributed by atoms with Crippen LogP contribution in [0.4, 0.5) is 5.13 Å². The Morgan fingerprint density at radius 1 is 1.00 bits per heavy atom. The van der Waals surface area contributed by atoms with Crippen LogP contribution in [0.25, 0.3) is 0 Å². The number of carbonyl (C=O) groups is 1. The fraction of sp³-hybridized carbons (Fsp3) is 0. The van der Waals surface area contributed by atoms with Gasteiger partial charge in [-0.25, -0.2) is 19.4 Å². The van der Waals surface area contributed by atoms with Crippen molar-refractivity contribution in [1.29, 1.82) is 0 Å². The van der Waals surface area contributed by atoms with E-state index in [1.165, 1.54) is 6.20 Å². The average Bonchev–Trinajstić information content (AvgIpc) is 3.05. The molecule has 2 aromatic carbocycles. The highest BCUT2D eigenvalue weighted by Gasteiger charge is 2.30. The number of rotatable bonds is 7. The van der Waals surface area contributed by atoms with Gasteiger partial charge in [0.15, 0.2) is 5.13 Å². The van der Waals surface area contributed by atoms with Gasteiger partial charge in [0.1, 0.15) is 16.4 Å². The zero-order valence-corrected chi connectivity index (χ0v) is 14.4. The second-order valence-electron chi connectivity index (χ2n) is 4.75. The van der Waals surface area contributed by atoms with E-state index >= 15 is 0 Å².